The molecule has 1 aromatic carbocycles. The molecule has 0 bridgehead atoms. The first-order chi connectivity index (χ1) is 6.45. The van der Waals surface area contributed by atoms with E-state index < -0.39 is 0 Å². The van der Waals surface area contributed by atoms with Gasteiger partial charge in [0.05, 0.1) is 5.01 Å². The van der Waals surface area contributed by atoms with Crippen LogP contribution in [0.4, 0.5) is 0 Å². The van der Waals surface area contributed by atoms with E-state index >= 15 is 0 Å². The van der Waals surface area contributed by atoms with Gasteiger partial charge in [0.1, 0.15) is 0 Å². The highest BCUT2D eigenvalue weighted by molar-refractivity contribution is 7.09. The molecule has 66 valence electrons. The van der Waals surface area contributed by atoms with Crippen LogP contribution in [-0.2, 0) is 12.8 Å². The smallest absolute Gasteiger partial charge is 0.0928 e. The van der Waals surface area contributed by atoms with Crippen LogP contribution in [0.15, 0.2) is 41.9 Å². The average molecular weight is 189 g/mol. The predicted molar refractivity (Wildman–Crippen MR) is 56.0 cm³/mol. The van der Waals surface area contributed by atoms with E-state index in [9.17, 15) is 0 Å². The normalized spacial score (nSPS) is 10.2. The molecule has 0 fully saturated rings. The van der Waals surface area contributed by atoms with Crippen molar-refractivity contribution in [3.63, 3.8) is 0 Å². The molecule has 13 heavy (non-hydrogen) atoms. The zero-order valence-electron chi connectivity index (χ0n) is 7.31. The fraction of sp³-hybridized carbons (Fsp3) is 0.182. The number of aromatic nitrogens is 1. The van der Waals surface area contributed by atoms with Crippen molar-refractivity contribution in [2.75, 3.05) is 0 Å². The first-order valence-electron chi connectivity index (χ1n) is 4.37. The second-order valence-electron chi connectivity index (χ2n) is 2.91. The third kappa shape index (κ3) is 2.39. The van der Waals surface area contributed by atoms with Gasteiger partial charge in [-0.1, -0.05) is 30.3 Å². The number of hydrogen-bond acceptors (Lipinski definition) is 2. The number of nitrogens with zero attached hydrogens (tertiary/aromatic N) is 1. The van der Waals surface area contributed by atoms with E-state index in [4.69, 9.17) is 0 Å². The Hall–Kier alpha value is -1.15. The van der Waals surface area contributed by atoms with Gasteiger partial charge in [0.25, 0.3) is 0 Å². The maximum atomic E-state index is 4.25. The van der Waals surface area contributed by atoms with Crippen LogP contribution in [0.25, 0.3) is 0 Å². The van der Waals surface area contributed by atoms with Crippen molar-refractivity contribution in [2.45, 2.75) is 12.8 Å². The Bertz CT molecular complexity index is 340. The van der Waals surface area contributed by atoms with Gasteiger partial charge in [-0.05, 0) is 12.0 Å². The Morgan fingerprint density at radius 2 is 1.92 bits per heavy atom. The molecule has 0 spiro atoms. The second kappa shape index (κ2) is 4.19. The number of thiazole rings is 1. The summed E-state index contributed by atoms with van der Waals surface area (Å²) in [7, 11) is 0. The lowest BCUT2D eigenvalue weighted by molar-refractivity contribution is 0.944. The molecule has 1 aromatic heterocycles. The standard InChI is InChI=1S/C11H11NS/c1-2-4-10(5-3-1)6-7-11-12-8-9-13-11/h1-5,8-9H,6-7H2. The number of rotatable bonds is 3. The van der Waals surface area contributed by atoms with Gasteiger partial charge in [0.15, 0.2) is 0 Å². The highest BCUT2D eigenvalue weighted by atomic mass is 32.1. The molecule has 0 aliphatic carbocycles. The van der Waals surface area contributed by atoms with Crippen molar-refractivity contribution in [1.82, 2.24) is 4.98 Å². The predicted octanol–water partition coefficient (Wildman–Crippen LogP) is 2.93. The Kier molecular flexibility index (Phi) is 2.72. The van der Waals surface area contributed by atoms with E-state index in [-0.39, 0.29) is 0 Å². The average Bonchev–Trinajstić information content (AvgIpc) is 2.69. The summed E-state index contributed by atoms with van der Waals surface area (Å²) >= 11 is 1.73. The lowest BCUT2D eigenvalue weighted by Gasteiger charge is -1.97. The molecule has 0 aliphatic rings. The van der Waals surface area contributed by atoms with E-state index in [1.54, 1.807) is 11.3 Å². The number of aryl methyl sites for hydroxylation is 2. The summed E-state index contributed by atoms with van der Waals surface area (Å²) < 4.78 is 0. The SMILES string of the molecule is c1ccc(CCc2nccs2)cc1. The van der Waals surface area contributed by atoms with Gasteiger partial charge in [-0.25, -0.2) is 4.98 Å². The molecule has 2 heteroatoms. The lowest BCUT2D eigenvalue weighted by Crippen LogP contribution is -1.89. The van der Waals surface area contributed by atoms with Crippen LogP contribution in [0.1, 0.15) is 10.6 Å². The number of benzene rings is 1. The van der Waals surface area contributed by atoms with Crippen LogP contribution in [0.2, 0.25) is 0 Å². The van der Waals surface area contributed by atoms with E-state index in [1.807, 2.05) is 17.6 Å². The molecular formula is C11H11NS. The minimum Gasteiger partial charge on any atom is -0.250 e. The molecule has 0 aliphatic heterocycles. The topological polar surface area (TPSA) is 12.9 Å². The Balaban J connectivity index is 1.94. The van der Waals surface area contributed by atoms with E-state index in [0.717, 1.165) is 12.8 Å². The van der Waals surface area contributed by atoms with Gasteiger partial charge in [-0.2, -0.15) is 0 Å². The first kappa shape index (κ1) is 8.45. The van der Waals surface area contributed by atoms with Crippen molar-refractivity contribution in [1.29, 1.82) is 0 Å². The van der Waals surface area contributed by atoms with Crippen LogP contribution < -0.4 is 0 Å². The van der Waals surface area contributed by atoms with Crippen LogP contribution in [0.3, 0.4) is 0 Å². The molecule has 1 nitrogen and oxygen atoms in total. The summed E-state index contributed by atoms with van der Waals surface area (Å²) in [4.78, 5) is 4.25. The minimum absolute atomic E-state index is 1.06. The van der Waals surface area contributed by atoms with Crippen LogP contribution in [0.5, 0.6) is 0 Å². The van der Waals surface area contributed by atoms with Crippen molar-refractivity contribution in [3.05, 3.63) is 52.5 Å². The van der Waals surface area contributed by atoms with Crippen LogP contribution >= 0.6 is 11.3 Å². The second-order valence-corrected chi connectivity index (χ2v) is 3.89. The highest BCUT2D eigenvalue weighted by Gasteiger charge is 1.96. The minimum atomic E-state index is 1.06. The van der Waals surface area contributed by atoms with Gasteiger partial charge in [0.2, 0.25) is 0 Å². The summed E-state index contributed by atoms with van der Waals surface area (Å²) in [5.41, 5.74) is 1.39. The zero-order chi connectivity index (χ0) is 8.93. The Labute approximate surface area is 82.1 Å². The summed E-state index contributed by atoms with van der Waals surface area (Å²) in [6, 6.07) is 10.5. The quantitative estimate of drug-likeness (QED) is 0.723. The van der Waals surface area contributed by atoms with Crippen molar-refractivity contribution >= 4 is 11.3 Å². The van der Waals surface area contributed by atoms with Crippen LogP contribution in [0, 0.1) is 0 Å². The first-order valence-corrected chi connectivity index (χ1v) is 5.25. The maximum absolute atomic E-state index is 4.25. The van der Waals surface area contributed by atoms with Gasteiger partial charge in [-0.15, -0.1) is 11.3 Å². The molecule has 0 amide bonds. The van der Waals surface area contributed by atoms with E-state index in [2.05, 4.69) is 29.2 Å². The third-order valence-electron chi connectivity index (χ3n) is 1.95. The Morgan fingerprint density at radius 1 is 1.08 bits per heavy atom. The molecule has 1 heterocycles. The van der Waals surface area contributed by atoms with Crippen molar-refractivity contribution in [2.24, 2.45) is 0 Å². The fourth-order valence-corrected chi connectivity index (χ4v) is 1.89. The lowest BCUT2D eigenvalue weighted by atomic mass is 10.1. The highest BCUT2D eigenvalue weighted by Crippen LogP contribution is 2.09. The molecule has 0 N–H and O–H groups in total. The van der Waals surface area contributed by atoms with Gasteiger partial charge >= 0.3 is 0 Å². The fourth-order valence-electron chi connectivity index (χ4n) is 1.27. The largest absolute Gasteiger partial charge is 0.250 e. The summed E-state index contributed by atoms with van der Waals surface area (Å²) in [5, 5.41) is 3.25. The molecule has 0 unspecified atom stereocenters. The zero-order valence-corrected chi connectivity index (χ0v) is 8.13. The van der Waals surface area contributed by atoms with Crippen LogP contribution in [-0.4, -0.2) is 4.98 Å². The van der Waals surface area contributed by atoms with Gasteiger partial charge in [-0.3, -0.25) is 0 Å². The Morgan fingerprint density at radius 3 is 2.62 bits per heavy atom. The van der Waals surface area contributed by atoms with Gasteiger partial charge < -0.3 is 0 Å². The third-order valence-corrected chi connectivity index (χ3v) is 2.79. The molecule has 2 aromatic rings. The molecule has 0 saturated heterocycles. The van der Waals surface area contributed by atoms with E-state index in [1.165, 1.54) is 10.6 Å². The molecule has 2 rings (SSSR count). The molecular weight excluding hydrogens is 178 g/mol. The summed E-state index contributed by atoms with van der Waals surface area (Å²) in [6.07, 6.45) is 4.01. The van der Waals surface area contributed by atoms with E-state index in [0.29, 0.717) is 0 Å². The van der Waals surface area contributed by atoms with Crippen molar-refractivity contribution in [3.8, 4) is 0 Å². The maximum Gasteiger partial charge on any atom is 0.0928 e. The monoisotopic (exact) mass is 189 g/mol. The molecule has 0 saturated carbocycles. The summed E-state index contributed by atoms with van der Waals surface area (Å²) in [5.74, 6) is 0. The molecule has 0 radical (unpaired) electrons. The van der Waals surface area contributed by atoms with Crippen molar-refractivity contribution < 1.29 is 0 Å². The molecule has 0 atom stereocenters. The summed E-state index contributed by atoms with van der Waals surface area (Å²) in [6.45, 7) is 0. The number of hydrogen-bond donors (Lipinski definition) is 0. The van der Waals surface area contributed by atoms with Gasteiger partial charge in [0, 0.05) is 18.0 Å².